The van der Waals surface area contributed by atoms with E-state index in [1.54, 1.807) is 13.3 Å². The van der Waals surface area contributed by atoms with Gasteiger partial charge in [-0.2, -0.15) is 4.57 Å². The van der Waals surface area contributed by atoms with Gasteiger partial charge in [0.2, 0.25) is 11.3 Å². The van der Waals surface area contributed by atoms with Crippen molar-refractivity contribution < 1.29 is 19.9 Å². The van der Waals surface area contributed by atoms with Gasteiger partial charge in [0.15, 0.2) is 0 Å². The lowest BCUT2D eigenvalue weighted by Gasteiger charge is -2.08. The second-order valence-electron chi connectivity index (χ2n) is 4.47. The van der Waals surface area contributed by atoms with Crippen molar-refractivity contribution in [2.24, 2.45) is 7.05 Å². The summed E-state index contributed by atoms with van der Waals surface area (Å²) in [4.78, 5) is 0. The summed E-state index contributed by atoms with van der Waals surface area (Å²) in [6.45, 7) is 0. The van der Waals surface area contributed by atoms with Crippen LogP contribution in [-0.2, 0) is 7.05 Å². The fraction of sp³-hybridized carbons (Fsp3) is 0.133. The smallest absolute Gasteiger partial charge is 0.272 e. The monoisotopic (exact) mass is 415 g/mol. The first-order chi connectivity index (χ1) is 9.61. The number of nitrogens with zero attached hydrogens (tertiary/aromatic N) is 1. The van der Waals surface area contributed by atoms with Crippen LogP contribution < -0.4 is 9.30 Å². The van der Waals surface area contributed by atoms with Gasteiger partial charge in [0, 0.05) is 0 Å². The zero-order valence-electron chi connectivity index (χ0n) is 11.5. The van der Waals surface area contributed by atoms with E-state index in [-0.39, 0.29) is 5.48 Å². The van der Waals surface area contributed by atoms with Gasteiger partial charge in [0.1, 0.15) is 12.8 Å². The summed E-state index contributed by atoms with van der Waals surface area (Å²) in [5.41, 5.74) is 1.12. The van der Waals surface area contributed by atoms with E-state index < -0.39 is 0 Å². The van der Waals surface area contributed by atoms with Gasteiger partial charge in [-0.05, 0) is 62.9 Å². The molecule has 0 radical (unpaired) electrons. The van der Waals surface area contributed by atoms with E-state index in [0.29, 0.717) is 5.06 Å². The minimum atomic E-state index is 0. The topological polar surface area (TPSA) is 63.3 Å². The molecule has 1 heterocycles. The summed E-state index contributed by atoms with van der Waals surface area (Å²) in [6, 6.07) is 10.3. The van der Waals surface area contributed by atoms with Crippen LogP contribution >= 0.6 is 33.9 Å². The number of hydrogen-bond acceptors (Lipinski definition) is 4. The molecule has 6 heteroatoms. The molecule has 0 atom stereocenters. The summed E-state index contributed by atoms with van der Waals surface area (Å²) in [5, 5.41) is 13.4. The Hall–Kier alpha value is -1.38. The summed E-state index contributed by atoms with van der Waals surface area (Å²) in [7, 11) is 3.63. The summed E-state index contributed by atoms with van der Waals surface area (Å²) in [6.07, 6.45) is 1.73. The lowest BCUT2D eigenvalue weighted by molar-refractivity contribution is -0.656. The van der Waals surface area contributed by atoms with Crippen LogP contribution in [0.2, 0.25) is 0 Å². The van der Waals surface area contributed by atoms with Crippen LogP contribution in [0.3, 0.4) is 0 Å². The minimum Gasteiger partial charge on any atom is -0.870 e. The number of benzene rings is 2. The van der Waals surface area contributed by atoms with Crippen molar-refractivity contribution in [1.29, 1.82) is 0 Å². The van der Waals surface area contributed by atoms with Crippen LogP contribution in [0, 0.1) is 3.57 Å². The molecule has 2 N–H and O–H groups in total. The maximum Gasteiger partial charge on any atom is 0.272 e. The van der Waals surface area contributed by atoms with E-state index in [1.165, 1.54) is 11.3 Å². The molecule has 0 amide bonds. The van der Waals surface area contributed by atoms with E-state index in [1.807, 2.05) is 23.7 Å². The standard InChI is InChI=1S/C15H12INO2S.H2O/c1-17-8-13(18)20-15(17)11-5-3-4-10-9(11)6-7-12(19-2)14(10)16;/h3-8H,1-2H3;1H2. The fourth-order valence-electron chi connectivity index (χ4n) is 2.31. The molecule has 0 aliphatic rings. The molecular formula is C15H14INO3S. The van der Waals surface area contributed by atoms with E-state index in [0.717, 1.165) is 30.7 Å². The molecular weight excluding hydrogens is 401 g/mol. The Balaban J connectivity index is 0.00000161. The normalized spacial score (nSPS) is 10.4. The first kappa shape index (κ1) is 16.0. The van der Waals surface area contributed by atoms with Gasteiger partial charge in [-0.15, -0.1) is 0 Å². The Morgan fingerprint density at radius 3 is 2.57 bits per heavy atom. The predicted octanol–water partition coefficient (Wildman–Crippen LogP) is 3.53. The highest BCUT2D eigenvalue weighted by Crippen LogP contribution is 2.36. The van der Waals surface area contributed by atoms with E-state index >= 15 is 0 Å². The van der Waals surface area contributed by atoms with Crippen molar-refractivity contribution in [1.82, 2.24) is 0 Å². The molecule has 0 saturated heterocycles. The Kier molecular flexibility index (Phi) is 4.70. The first-order valence-electron chi connectivity index (χ1n) is 6.06. The van der Waals surface area contributed by atoms with Crippen LogP contribution in [0.25, 0.3) is 21.3 Å². The molecule has 0 aliphatic carbocycles. The second-order valence-corrected chi connectivity index (χ2v) is 6.56. The van der Waals surface area contributed by atoms with Gasteiger partial charge >= 0.3 is 0 Å². The number of ether oxygens (including phenoxy) is 1. The van der Waals surface area contributed by atoms with Crippen LogP contribution in [-0.4, -0.2) is 17.7 Å². The van der Waals surface area contributed by atoms with E-state index in [2.05, 4.69) is 40.8 Å². The predicted molar refractivity (Wildman–Crippen MR) is 91.3 cm³/mol. The number of methoxy groups -OCH3 is 1. The highest BCUT2D eigenvalue weighted by Gasteiger charge is 2.19. The molecule has 110 valence electrons. The third-order valence-electron chi connectivity index (χ3n) is 3.24. The molecule has 0 fully saturated rings. The van der Waals surface area contributed by atoms with Crippen LogP contribution in [0.5, 0.6) is 10.8 Å². The lowest BCUT2D eigenvalue weighted by atomic mass is 10.0. The van der Waals surface area contributed by atoms with Gasteiger partial charge in [-0.3, -0.25) is 0 Å². The number of aryl methyl sites for hydroxylation is 1. The first-order valence-corrected chi connectivity index (χ1v) is 7.95. The Morgan fingerprint density at radius 2 is 1.95 bits per heavy atom. The van der Waals surface area contributed by atoms with Crippen molar-refractivity contribution in [3.8, 4) is 21.4 Å². The van der Waals surface area contributed by atoms with Crippen LogP contribution in [0.15, 0.2) is 36.5 Å². The number of thiazole rings is 1. The van der Waals surface area contributed by atoms with Crippen molar-refractivity contribution in [2.75, 3.05) is 7.11 Å². The zero-order valence-corrected chi connectivity index (χ0v) is 14.5. The highest BCUT2D eigenvalue weighted by molar-refractivity contribution is 14.1. The summed E-state index contributed by atoms with van der Waals surface area (Å²) in [5.74, 6) is 0.883. The molecule has 21 heavy (non-hydrogen) atoms. The Morgan fingerprint density at radius 1 is 1.19 bits per heavy atom. The van der Waals surface area contributed by atoms with E-state index in [4.69, 9.17) is 4.74 Å². The number of aromatic nitrogens is 1. The van der Waals surface area contributed by atoms with Crippen molar-refractivity contribution >= 4 is 44.7 Å². The quantitative estimate of drug-likeness (QED) is 0.515. The highest BCUT2D eigenvalue weighted by atomic mass is 127. The molecule has 0 bridgehead atoms. The summed E-state index contributed by atoms with van der Waals surface area (Å²) < 4.78 is 8.43. The number of fused-ring (bicyclic) bond motifs is 1. The minimum absolute atomic E-state index is 0. The van der Waals surface area contributed by atoms with Gasteiger partial charge in [-0.1, -0.05) is 12.1 Å². The molecule has 0 aliphatic heterocycles. The van der Waals surface area contributed by atoms with Gasteiger partial charge < -0.3 is 15.3 Å². The molecule has 3 rings (SSSR count). The molecule has 3 aromatic rings. The van der Waals surface area contributed by atoms with Crippen LogP contribution in [0.4, 0.5) is 0 Å². The number of halogens is 1. The number of rotatable bonds is 2. The Bertz CT molecular complexity index is 801. The molecule has 4 nitrogen and oxygen atoms in total. The molecule has 2 aromatic carbocycles. The second kappa shape index (κ2) is 6.17. The van der Waals surface area contributed by atoms with Gasteiger partial charge in [0.05, 0.1) is 16.2 Å². The Labute approximate surface area is 140 Å². The molecule has 0 saturated carbocycles. The zero-order chi connectivity index (χ0) is 14.3. The van der Waals surface area contributed by atoms with Crippen molar-refractivity contribution in [3.05, 3.63) is 40.1 Å². The largest absolute Gasteiger partial charge is 0.870 e. The van der Waals surface area contributed by atoms with Crippen molar-refractivity contribution in [2.45, 2.75) is 0 Å². The number of aromatic hydroxyl groups is 1. The van der Waals surface area contributed by atoms with Crippen molar-refractivity contribution in [3.63, 3.8) is 0 Å². The fourth-order valence-corrected chi connectivity index (χ4v) is 4.08. The molecule has 0 spiro atoms. The summed E-state index contributed by atoms with van der Waals surface area (Å²) >= 11 is 3.69. The van der Waals surface area contributed by atoms with Gasteiger partial charge in [-0.25, -0.2) is 0 Å². The number of hydrogen-bond donors (Lipinski definition) is 1. The lowest BCUT2D eigenvalue weighted by Crippen LogP contribution is -2.26. The van der Waals surface area contributed by atoms with Gasteiger partial charge in [0.25, 0.3) is 5.01 Å². The SMILES string of the molecule is COc1ccc2c(-c3sc(O)c[n+]3C)cccc2c1I.[OH-]. The molecule has 1 aromatic heterocycles. The average Bonchev–Trinajstić information content (AvgIpc) is 2.78. The third-order valence-corrected chi connectivity index (χ3v) is 5.36. The van der Waals surface area contributed by atoms with Crippen LogP contribution in [0.1, 0.15) is 0 Å². The maximum absolute atomic E-state index is 9.68. The average molecular weight is 415 g/mol. The van der Waals surface area contributed by atoms with E-state index in [9.17, 15) is 5.11 Å². The molecule has 0 unspecified atom stereocenters. The maximum atomic E-state index is 9.68. The third kappa shape index (κ3) is 2.70.